The van der Waals surface area contributed by atoms with Crippen LogP contribution >= 0.6 is 7.92 Å². The molecule has 104 valence electrons. The smallest absolute Gasteiger partial charge is 0.0539 e. The second-order valence-corrected chi connectivity index (χ2v) is 7.93. The Morgan fingerprint density at radius 3 is 2.00 bits per heavy atom. The molecule has 0 aliphatic carbocycles. The molecule has 0 aliphatic rings. The molecule has 19 heavy (non-hydrogen) atoms. The van der Waals surface area contributed by atoms with Crippen LogP contribution in [0.5, 0.6) is 0 Å². The Bertz CT molecular complexity index is 445. The van der Waals surface area contributed by atoms with Gasteiger partial charge in [-0.2, -0.15) is 0 Å². The molecule has 0 radical (unpaired) electrons. The average Bonchev–Trinajstić information content (AvgIpc) is 2.38. The van der Waals surface area contributed by atoms with Crippen molar-refractivity contribution in [2.24, 2.45) is 0 Å². The number of hydrogen-bond acceptors (Lipinski definition) is 1. The van der Waals surface area contributed by atoms with Gasteiger partial charge in [-0.05, 0) is 50.5 Å². The van der Waals surface area contributed by atoms with Gasteiger partial charge in [-0.15, -0.1) is 0 Å². The predicted octanol–water partition coefficient (Wildman–Crippen LogP) is 4.75. The standard InChI is InChI=1S/C17H26NP/c1-8-19(7)17(18(5)6)14(4)16-11-9-15(10-12-16)13(2)3/h9-12,17H,2,4,8H2,1,3,5-7H3. The maximum atomic E-state index is 4.34. The van der Waals surface area contributed by atoms with Gasteiger partial charge in [0.1, 0.15) is 0 Å². The first kappa shape index (κ1) is 16.1. The van der Waals surface area contributed by atoms with Crippen molar-refractivity contribution < 1.29 is 0 Å². The molecule has 1 nitrogen and oxygen atoms in total. The Balaban J connectivity index is 3.00. The van der Waals surface area contributed by atoms with E-state index in [0.717, 1.165) is 5.57 Å². The molecule has 0 heterocycles. The van der Waals surface area contributed by atoms with Crippen LogP contribution in [0.2, 0.25) is 0 Å². The summed E-state index contributed by atoms with van der Waals surface area (Å²) in [6.45, 7) is 15.0. The quantitative estimate of drug-likeness (QED) is 0.677. The first-order valence-corrected chi connectivity index (χ1v) is 8.74. The van der Waals surface area contributed by atoms with E-state index >= 15 is 0 Å². The maximum Gasteiger partial charge on any atom is 0.0539 e. The van der Waals surface area contributed by atoms with Gasteiger partial charge in [0.15, 0.2) is 0 Å². The molecule has 0 saturated carbocycles. The summed E-state index contributed by atoms with van der Waals surface area (Å²) in [5.74, 6) is 0.454. The number of hydrogen-bond donors (Lipinski definition) is 0. The fraction of sp³-hybridized carbons (Fsp3) is 0.412. The first-order valence-electron chi connectivity index (χ1n) is 6.70. The van der Waals surface area contributed by atoms with Crippen molar-refractivity contribution in [1.29, 1.82) is 0 Å². The van der Waals surface area contributed by atoms with E-state index < -0.39 is 0 Å². The van der Waals surface area contributed by atoms with Crippen LogP contribution in [0.1, 0.15) is 25.0 Å². The molecule has 0 aromatic heterocycles. The summed E-state index contributed by atoms with van der Waals surface area (Å²) in [6, 6.07) is 8.61. The monoisotopic (exact) mass is 275 g/mol. The summed E-state index contributed by atoms with van der Waals surface area (Å²) in [5.41, 5.74) is 4.78. The van der Waals surface area contributed by atoms with Crippen molar-refractivity contribution in [2.75, 3.05) is 26.9 Å². The number of allylic oxidation sites excluding steroid dienone is 1. The van der Waals surface area contributed by atoms with Crippen LogP contribution in [0, 0.1) is 0 Å². The molecule has 0 aliphatic heterocycles. The van der Waals surface area contributed by atoms with Crippen LogP contribution in [0.25, 0.3) is 11.1 Å². The van der Waals surface area contributed by atoms with Crippen LogP contribution in [-0.4, -0.2) is 37.6 Å². The summed E-state index contributed by atoms with van der Waals surface area (Å²) < 4.78 is 0. The van der Waals surface area contributed by atoms with Crippen molar-refractivity contribution in [1.82, 2.24) is 4.90 Å². The minimum absolute atomic E-state index is 0.0555. The second kappa shape index (κ2) is 7.03. The van der Waals surface area contributed by atoms with E-state index in [-0.39, 0.29) is 7.92 Å². The highest BCUT2D eigenvalue weighted by molar-refractivity contribution is 7.58. The van der Waals surface area contributed by atoms with Crippen LogP contribution in [0.4, 0.5) is 0 Å². The first-order chi connectivity index (χ1) is 8.88. The fourth-order valence-corrected chi connectivity index (χ4v) is 4.08. The second-order valence-electron chi connectivity index (χ2n) is 5.29. The Labute approximate surface area is 119 Å². The molecule has 2 unspecified atom stereocenters. The Morgan fingerprint density at radius 1 is 1.16 bits per heavy atom. The van der Waals surface area contributed by atoms with E-state index in [1.54, 1.807) is 0 Å². The summed E-state index contributed by atoms with van der Waals surface area (Å²) in [7, 11) is 4.24. The predicted molar refractivity (Wildman–Crippen MR) is 91.0 cm³/mol. The third-order valence-corrected chi connectivity index (χ3v) is 6.07. The van der Waals surface area contributed by atoms with Gasteiger partial charge in [0.25, 0.3) is 0 Å². The largest absolute Gasteiger partial charge is 0.299 e. The number of benzene rings is 1. The van der Waals surface area contributed by atoms with E-state index in [9.17, 15) is 0 Å². The molecule has 0 amide bonds. The van der Waals surface area contributed by atoms with Crippen molar-refractivity contribution in [2.45, 2.75) is 19.6 Å². The lowest BCUT2D eigenvalue weighted by molar-refractivity contribution is 0.430. The maximum absolute atomic E-state index is 4.34. The molecule has 1 rings (SSSR count). The highest BCUT2D eigenvalue weighted by Gasteiger charge is 2.21. The molecule has 0 spiro atoms. The van der Waals surface area contributed by atoms with Crippen molar-refractivity contribution >= 4 is 19.1 Å². The highest BCUT2D eigenvalue weighted by Crippen LogP contribution is 2.44. The summed E-state index contributed by atoms with van der Waals surface area (Å²) in [5, 5.41) is 0. The van der Waals surface area contributed by atoms with Crippen LogP contribution in [0.3, 0.4) is 0 Å². The lowest BCUT2D eigenvalue weighted by atomic mass is 10.0. The van der Waals surface area contributed by atoms with Crippen molar-refractivity contribution in [3.63, 3.8) is 0 Å². The fourth-order valence-electron chi connectivity index (χ4n) is 2.26. The van der Waals surface area contributed by atoms with Crippen LogP contribution in [-0.2, 0) is 0 Å². The molecule has 1 aromatic carbocycles. The molecule has 1 aromatic rings. The van der Waals surface area contributed by atoms with Gasteiger partial charge in [0.05, 0.1) is 5.78 Å². The van der Waals surface area contributed by atoms with E-state index in [4.69, 9.17) is 0 Å². The summed E-state index contributed by atoms with van der Waals surface area (Å²) >= 11 is 0. The molecular formula is C17H26NP. The minimum Gasteiger partial charge on any atom is -0.299 e. The SMILES string of the molecule is C=C(C)c1ccc(C(=C)C(N(C)C)P(C)CC)cc1. The van der Waals surface area contributed by atoms with Gasteiger partial charge in [0.2, 0.25) is 0 Å². The third kappa shape index (κ3) is 4.03. The Hall–Kier alpha value is -0.910. The van der Waals surface area contributed by atoms with E-state index in [2.05, 4.69) is 70.0 Å². The summed E-state index contributed by atoms with van der Waals surface area (Å²) in [4.78, 5) is 2.30. The third-order valence-electron chi connectivity index (χ3n) is 3.47. The molecule has 0 saturated heterocycles. The van der Waals surface area contributed by atoms with Gasteiger partial charge in [-0.1, -0.05) is 57.8 Å². The number of nitrogens with zero attached hydrogens (tertiary/aromatic N) is 1. The van der Waals surface area contributed by atoms with Crippen molar-refractivity contribution in [3.8, 4) is 0 Å². The molecule has 0 N–H and O–H groups in total. The molecular weight excluding hydrogens is 249 g/mol. The Kier molecular flexibility index (Phi) is 5.97. The van der Waals surface area contributed by atoms with Crippen LogP contribution in [0.15, 0.2) is 37.4 Å². The lowest BCUT2D eigenvalue weighted by Crippen LogP contribution is -2.27. The molecule has 0 bridgehead atoms. The van der Waals surface area contributed by atoms with Gasteiger partial charge in [-0.3, -0.25) is 4.90 Å². The van der Waals surface area contributed by atoms with E-state index in [0.29, 0.717) is 5.78 Å². The zero-order valence-corrected chi connectivity index (χ0v) is 13.8. The van der Waals surface area contributed by atoms with E-state index in [1.807, 2.05) is 6.92 Å². The van der Waals surface area contributed by atoms with Crippen LogP contribution < -0.4 is 0 Å². The van der Waals surface area contributed by atoms with Crippen molar-refractivity contribution in [3.05, 3.63) is 48.6 Å². The van der Waals surface area contributed by atoms with Gasteiger partial charge in [0, 0.05) is 0 Å². The molecule has 0 fully saturated rings. The topological polar surface area (TPSA) is 3.24 Å². The number of likely N-dealkylation sites (N-methyl/N-ethyl adjacent to an activating group) is 1. The zero-order valence-electron chi connectivity index (χ0n) is 12.9. The van der Waals surface area contributed by atoms with Gasteiger partial charge >= 0.3 is 0 Å². The Morgan fingerprint density at radius 2 is 1.63 bits per heavy atom. The molecule has 2 atom stereocenters. The summed E-state index contributed by atoms with van der Waals surface area (Å²) in [6.07, 6.45) is 1.22. The molecule has 2 heteroatoms. The van der Waals surface area contributed by atoms with Gasteiger partial charge < -0.3 is 0 Å². The average molecular weight is 275 g/mol. The number of rotatable bonds is 6. The zero-order chi connectivity index (χ0) is 14.6. The lowest BCUT2D eigenvalue weighted by Gasteiger charge is -2.32. The van der Waals surface area contributed by atoms with Gasteiger partial charge in [-0.25, -0.2) is 0 Å². The van der Waals surface area contributed by atoms with E-state index in [1.165, 1.54) is 22.9 Å². The normalized spacial score (nSPS) is 14.2. The highest BCUT2D eigenvalue weighted by atomic mass is 31.1. The minimum atomic E-state index is -0.0555.